The molecule has 0 fully saturated rings. The van der Waals surface area contributed by atoms with Crippen LogP contribution in [-0.2, 0) is 0 Å². The monoisotopic (exact) mass is 302 g/mol. The smallest absolute Gasteiger partial charge is 0.318 e. The van der Waals surface area contributed by atoms with Crippen molar-refractivity contribution in [2.24, 2.45) is 0 Å². The van der Waals surface area contributed by atoms with E-state index in [-0.39, 0.29) is 28.4 Å². The number of benzene rings is 2. The minimum atomic E-state index is -0.757. The van der Waals surface area contributed by atoms with Gasteiger partial charge in [-0.2, -0.15) is 0 Å². The molecule has 8 nitrogen and oxygen atoms in total. The normalized spacial score (nSPS) is 13.8. The summed E-state index contributed by atoms with van der Waals surface area (Å²) in [5, 5.41) is 30.1. The van der Waals surface area contributed by atoms with Crippen LogP contribution in [0.1, 0.15) is 20.7 Å². The van der Waals surface area contributed by atoms with Gasteiger partial charge in [-0.25, -0.2) is 0 Å². The Kier molecular flexibility index (Phi) is 3.03. The molecule has 112 valence electrons. The van der Waals surface area contributed by atoms with Crippen LogP contribution in [0, 0.1) is 10.1 Å². The Hall–Kier alpha value is -3.00. The molecule has 22 heavy (non-hydrogen) atoms. The Morgan fingerprint density at radius 1 is 1.18 bits per heavy atom. The van der Waals surface area contributed by atoms with E-state index >= 15 is 0 Å². The van der Waals surface area contributed by atoms with Gasteiger partial charge in [-0.3, -0.25) is 24.6 Å². The number of aliphatic hydroxyl groups is 1. The van der Waals surface area contributed by atoms with Gasteiger partial charge >= 0.3 is 5.69 Å². The molecular weight excluding hydrogens is 292 g/mol. The molecule has 2 aromatic rings. The lowest BCUT2D eigenvalue weighted by Gasteiger charge is -2.26. The third-order valence-electron chi connectivity index (χ3n) is 3.57. The number of phenols is 1. The summed E-state index contributed by atoms with van der Waals surface area (Å²) in [5.41, 5.74) is -0.415. The maximum Gasteiger partial charge on any atom is 0.318 e. The second-order valence-electron chi connectivity index (χ2n) is 4.76. The molecule has 0 radical (unpaired) electrons. The van der Waals surface area contributed by atoms with E-state index < -0.39 is 34.8 Å². The van der Waals surface area contributed by atoms with Crippen molar-refractivity contribution in [3.8, 4) is 5.75 Å². The zero-order valence-corrected chi connectivity index (χ0v) is 11.1. The number of aliphatic hydroxyl groups excluding tert-OH is 1. The van der Waals surface area contributed by atoms with Crippen LogP contribution in [0.2, 0.25) is 0 Å². The number of β-amino-alcohol motifs (C(OH)–C–C–N with tert-alkyl or cyclic N) is 1. The Morgan fingerprint density at radius 3 is 2.50 bits per heavy atom. The van der Waals surface area contributed by atoms with E-state index in [1.807, 2.05) is 0 Å². The summed E-state index contributed by atoms with van der Waals surface area (Å²) in [5.74, 6) is -1.97. The average Bonchev–Trinajstić information content (AvgIpc) is 2.48. The van der Waals surface area contributed by atoms with E-state index in [1.54, 1.807) is 0 Å². The zero-order valence-electron chi connectivity index (χ0n) is 11.1. The summed E-state index contributed by atoms with van der Waals surface area (Å²) in [4.78, 5) is 35.9. The largest absolute Gasteiger partial charge is 0.502 e. The van der Waals surface area contributed by atoms with Crippen LogP contribution < -0.4 is 0 Å². The lowest BCUT2D eigenvalue weighted by molar-refractivity contribution is -0.384. The molecule has 0 saturated heterocycles. The molecule has 0 atom stereocenters. The maximum absolute atomic E-state index is 12.3. The van der Waals surface area contributed by atoms with Gasteiger partial charge in [0, 0.05) is 17.0 Å². The molecule has 1 aliphatic rings. The summed E-state index contributed by atoms with van der Waals surface area (Å²) in [7, 11) is 0. The number of rotatable bonds is 3. The highest BCUT2D eigenvalue weighted by Gasteiger charge is 2.35. The summed E-state index contributed by atoms with van der Waals surface area (Å²) >= 11 is 0. The second kappa shape index (κ2) is 4.78. The topological polar surface area (TPSA) is 121 Å². The fraction of sp³-hybridized carbons (Fsp3) is 0.143. The third-order valence-corrected chi connectivity index (χ3v) is 3.57. The number of nitro groups is 1. The molecule has 1 aliphatic heterocycles. The number of amides is 2. The fourth-order valence-corrected chi connectivity index (χ4v) is 2.68. The van der Waals surface area contributed by atoms with Crippen molar-refractivity contribution < 1.29 is 24.7 Å². The van der Waals surface area contributed by atoms with Crippen LogP contribution in [0.15, 0.2) is 24.3 Å². The van der Waals surface area contributed by atoms with E-state index in [9.17, 15) is 24.8 Å². The minimum Gasteiger partial charge on any atom is -0.502 e. The SMILES string of the molecule is O=C1c2cccc3c([N+](=O)[O-])c(O)cc(c23)C(=O)N1CCO. The number of aromatic hydroxyl groups is 1. The van der Waals surface area contributed by atoms with Gasteiger partial charge in [0.1, 0.15) is 0 Å². The number of hydrogen-bond acceptors (Lipinski definition) is 6. The molecule has 3 rings (SSSR count). The standard InChI is InChI=1S/C14H10N2O6/c17-5-4-15-13(19)8-3-1-2-7-11(8)9(14(15)20)6-10(18)12(7)16(21)22/h1-3,6,17-18H,4-5H2. The van der Waals surface area contributed by atoms with E-state index in [2.05, 4.69) is 0 Å². The Labute approximate surface area is 123 Å². The summed E-state index contributed by atoms with van der Waals surface area (Å²) in [6, 6.07) is 5.26. The van der Waals surface area contributed by atoms with Crippen molar-refractivity contribution >= 4 is 28.3 Å². The molecule has 0 unspecified atom stereocenters. The quantitative estimate of drug-likeness (QED) is 0.496. The number of carbonyl (C=O) groups is 2. The van der Waals surface area contributed by atoms with Crippen LogP contribution >= 0.6 is 0 Å². The first-order valence-electron chi connectivity index (χ1n) is 6.37. The highest BCUT2D eigenvalue weighted by Crippen LogP contribution is 2.40. The first-order valence-corrected chi connectivity index (χ1v) is 6.37. The van der Waals surface area contributed by atoms with Gasteiger partial charge in [0.05, 0.1) is 29.0 Å². The Morgan fingerprint density at radius 2 is 1.86 bits per heavy atom. The van der Waals surface area contributed by atoms with E-state index in [0.717, 1.165) is 11.0 Å². The van der Waals surface area contributed by atoms with Crippen LogP contribution in [0.4, 0.5) is 5.69 Å². The van der Waals surface area contributed by atoms with Crippen LogP contribution in [0.3, 0.4) is 0 Å². The van der Waals surface area contributed by atoms with Crippen molar-refractivity contribution in [1.82, 2.24) is 4.90 Å². The molecule has 2 aromatic carbocycles. The van der Waals surface area contributed by atoms with Crippen LogP contribution in [-0.4, -0.2) is 45.0 Å². The highest BCUT2D eigenvalue weighted by molar-refractivity contribution is 6.26. The number of hydrogen-bond donors (Lipinski definition) is 2. The first kappa shape index (κ1) is 14.0. The molecule has 0 spiro atoms. The van der Waals surface area contributed by atoms with Gasteiger partial charge in [0.2, 0.25) is 0 Å². The molecule has 2 N–H and O–H groups in total. The van der Waals surface area contributed by atoms with E-state index in [0.29, 0.717) is 0 Å². The molecule has 0 saturated carbocycles. The number of carbonyl (C=O) groups excluding carboxylic acids is 2. The number of nitrogens with zero attached hydrogens (tertiary/aromatic N) is 2. The van der Waals surface area contributed by atoms with Gasteiger partial charge in [0.15, 0.2) is 5.75 Å². The van der Waals surface area contributed by atoms with Crippen molar-refractivity contribution in [2.75, 3.05) is 13.2 Å². The predicted octanol–water partition coefficient (Wildman–Crippen LogP) is 1.04. The molecule has 0 aliphatic carbocycles. The first-order chi connectivity index (χ1) is 10.5. The molecule has 1 heterocycles. The predicted molar refractivity (Wildman–Crippen MR) is 74.7 cm³/mol. The van der Waals surface area contributed by atoms with Crippen molar-refractivity contribution in [3.05, 3.63) is 45.5 Å². The Balaban J connectivity index is 2.41. The highest BCUT2D eigenvalue weighted by atomic mass is 16.6. The van der Waals surface area contributed by atoms with Crippen molar-refractivity contribution in [3.63, 3.8) is 0 Å². The lowest BCUT2D eigenvalue weighted by Crippen LogP contribution is -2.41. The van der Waals surface area contributed by atoms with Crippen LogP contribution in [0.5, 0.6) is 5.75 Å². The molecular formula is C14H10N2O6. The number of nitro benzene ring substituents is 1. The van der Waals surface area contributed by atoms with Gasteiger partial charge < -0.3 is 10.2 Å². The number of phenolic OH excluding ortho intramolecular Hbond substituents is 1. The van der Waals surface area contributed by atoms with Gasteiger partial charge in [-0.05, 0) is 12.1 Å². The van der Waals surface area contributed by atoms with Crippen molar-refractivity contribution in [1.29, 1.82) is 0 Å². The lowest BCUT2D eigenvalue weighted by atomic mass is 9.92. The summed E-state index contributed by atoms with van der Waals surface area (Å²) in [6.07, 6.45) is 0. The summed E-state index contributed by atoms with van der Waals surface area (Å²) in [6.45, 7) is -0.590. The van der Waals surface area contributed by atoms with Gasteiger partial charge in [-0.15, -0.1) is 0 Å². The fourth-order valence-electron chi connectivity index (χ4n) is 2.68. The van der Waals surface area contributed by atoms with Gasteiger partial charge in [0.25, 0.3) is 11.8 Å². The number of imide groups is 1. The molecule has 0 bridgehead atoms. The van der Waals surface area contributed by atoms with E-state index in [4.69, 9.17) is 5.11 Å². The third kappa shape index (κ3) is 1.74. The maximum atomic E-state index is 12.3. The molecule has 0 aromatic heterocycles. The van der Waals surface area contributed by atoms with Crippen LogP contribution in [0.25, 0.3) is 10.8 Å². The van der Waals surface area contributed by atoms with E-state index in [1.165, 1.54) is 18.2 Å². The second-order valence-corrected chi connectivity index (χ2v) is 4.76. The molecule has 8 heteroatoms. The molecule has 2 amide bonds. The Bertz CT molecular complexity index is 845. The van der Waals surface area contributed by atoms with Gasteiger partial charge in [-0.1, -0.05) is 6.07 Å². The van der Waals surface area contributed by atoms with Crippen molar-refractivity contribution in [2.45, 2.75) is 0 Å². The average molecular weight is 302 g/mol. The minimum absolute atomic E-state index is 0.00162. The zero-order chi connectivity index (χ0) is 16.0. The summed E-state index contributed by atoms with van der Waals surface area (Å²) < 4.78 is 0.